The van der Waals surface area contributed by atoms with Gasteiger partial charge in [-0.3, -0.25) is 20.4 Å². The summed E-state index contributed by atoms with van der Waals surface area (Å²) in [4.78, 5) is 24.2. The lowest BCUT2D eigenvalue weighted by Crippen LogP contribution is -2.48. The number of carbonyl (C=O) groups excluding carboxylic acids is 2. The predicted molar refractivity (Wildman–Crippen MR) is 87.9 cm³/mol. The second-order valence-electron chi connectivity index (χ2n) is 5.09. The highest BCUT2D eigenvalue weighted by atomic mass is 16.5. The van der Waals surface area contributed by atoms with Crippen molar-refractivity contribution in [1.29, 1.82) is 0 Å². The van der Waals surface area contributed by atoms with Crippen LogP contribution in [0.4, 0.5) is 0 Å². The number of benzene rings is 2. The largest absolute Gasteiger partial charge is 0.481 e. The Hall–Kier alpha value is -2.82. The van der Waals surface area contributed by atoms with Crippen LogP contribution in [0.25, 0.3) is 0 Å². The third-order valence-corrected chi connectivity index (χ3v) is 3.37. The summed E-state index contributed by atoms with van der Waals surface area (Å²) in [6.45, 7) is 3.68. The van der Waals surface area contributed by atoms with E-state index in [1.54, 1.807) is 24.3 Å². The quantitative estimate of drug-likeness (QED) is 0.834. The van der Waals surface area contributed by atoms with Crippen LogP contribution in [0, 0.1) is 6.92 Å². The first-order valence-electron chi connectivity index (χ1n) is 7.49. The minimum atomic E-state index is -0.672. The lowest BCUT2D eigenvalue weighted by atomic mass is 10.1. The molecule has 23 heavy (non-hydrogen) atoms. The summed E-state index contributed by atoms with van der Waals surface area (Å²) in [7, 11) is 0. The molecule has 2 N–H and O–H groups in total. The van der Waals surface area contributed by atoms with Gasteiger partial charge in [-0.1, -0.05) is 43.3 Å². The number of hydrogen-bond donors (Lipinski definition) is 2. The van der Waals surface area contributed by atoms with Gasteiger partial charge in [0, 0.05) is 5.56 Å². The highest BCUT2D eigenvalue weighted by molar-refractivity contribution is 5.96. The molecule has 2 aromatic rings. The Morgan fingerprint density at radius 1 is 1.00 bits per heavy atom. The van der Waals surface area contributed by atoms with E-state index in [4.69, 9.17) is 4.74 Å². The molecule has 120 valence electrons. The molecular formula is C18H20N2O3. The molecule has 0 heterocycles. The van der Waals surface area contributed by atoms with Crippen LogP contribution in [-0.2, 0) is 4.79 Å². The van der Waals surface area contributed by atoms with E-state index in [1.165, 1.54) is 0 Å². The fourth-order valence-electron chi connectivity index (χ4n) is 2.08. The van der Waals surface area contributed by atoms with Gasteiger partial charge in [-0.05, 0) is 37.1 Å². The number of para-hydroxylation sites is 1. The molecule has 0 radical (unpaired) electrons. The maximum absolute atomic E-state index is 12.1. The van der Waals surface area contributed by atoms with E-state index in [0.717, 1.165) is 5.56 Å². The normalized spacial score (nSPS) is 11.4. The Bertz CT molecular complexity index is 671. The van der Waals surface area contributed by atoms with E-state index in [1.807, 2.05) is 44.2 Å². The third-order valence-electron chi connectivity index (χ3n) is 3.37. The molecule has 1 unspecified atom stereocenters. The zero-order valence-corrected chi connectivity index (χ0v) is 13.2. The summed E-state index contributed by atoms with van der Waals surface area (Å²) in [6.07, 6.45) is -0.185. The van der Waals surface area contributed by atoms with E-state index >= 15 is 0 Å². The molecule has 1 atom stereocenters. The van der Waals surface area contributed by atoms with Crippen molar-refractivity contribution in [3.05, 3.63) is 65.7 Å². The first kappa shape index (κ1) is 16.5. The molecule has 0 aliphatic rings. The first-order valence-corrected chi connectivity index (χ1v) is 7.49. The zero-order chi connectivity index (χ0) is 16.7. The molecule has 2 aromatic carbocycles. The van der Waals surface area contributed by atoms with E-state index in [-0.39, 0.29) is 5.91 Å². The van der Waals surface area contributed by atoms with Crippen LogP contribution in [0.15, 0.2) is 54.6 Å². The lowest BCUT2D eigenvalue weighted by molar-refractivity contribution is -0.128. The summed E-state index contributed by atoms with van der Waals surface area (Å²) < 4.78 is 5.62. The number of rotatable bonds is 5. The number of hydrazine groups is 1. The number of carbonyl (C=O) groups is 2. The fourth-order valence-corrected chi connectivity index (χ4v) is 2.08. The number of ether oxygens (including phenoxy) is 1. The first-order chi connectivity index (χ1) is 11.1. The molecule has 0 aromatic heterocycles. The van der Waals surface area contributed by atoms with E-state index < -0.39 is 12.0 Å². The standard InChI is InChI=1S/C18H20N2O3/c1-3-16(23-14-10-5-4-6-11-14)18(22)20-19-17(21)15-12-8-7-9-13(15)2/h4-12,16H,3H2,1-2H3,(H,19,21)(H,20,22). The van der Waals surface area contributed by atoms with Crippen molar-refractivity contribution in [2.75, 3.05) is 0 Å². The monoisotopic (exact) mass is 312 g/mol. The van der Waals surface area contributed by atoms with Crippen molar-refractivity contribution in [1.82, 2.24) is 10.9 Å². The zero-order valence-electron chi connectivity index (χ0n) is 13.2. The average molecular weight is 312 g/mol. The van der Waals surface area contributed by atoms with Crippen LogP contribution in [0.3, 0.4) is 0 Å². The van der Waals surface area contributed by atoms with Crippen LogP contribution < -0.4 is 15.6 Å². The highest BCUT2D eigenvalue weighted by Gasteiger charge is 2.19. The Morgan fingerprint density at radius 2 is 1.65 bits per heavy atom. The van der Waals surface area contributed by atoms with Gasteiger partial charge in [0.2, 0.25) is 0 Å². The van der Waals surface area contributed by atoms with Gasteiger partial charge < -0.3 is 4.74 Å². The molecule has 5 heteroatoms. The van der Waals surface area contributed by atoms with Crippen molar-refractivity contribution < 1.29 is 14.3 Å². The number of aryl methyl sites for hydroxylation is 1. The van der Waals surface area contributed by atoms with E-state index in [0.29, 0.717) is 17.7 Å². The van der Waals surface area contributed by atoms with Crippen molar-refractivity contribution in [3.63, 3.8) is 0 Å². The van der Waals surface area contributed by atoms with E-state index in [2.05, 4.69) is 10.9 Å². The van der Waals surface area contributed by atoms with Crippen molar-refractivity contribution in [2.45, 2.75) is 26.4 Å². The Kier molecular flexibility index (Phi) is 5.74. The predicted octanol–water partition coefficient (Wildman–Crippen LogP) is 2.61. The molecule has 0 saturated carbocycles. The number of nitrogens with one attached hydrogen (secondary N) is 2. The van der Waals surface area contributed by atoms with Crippen LogP contribution in [0.5, 0.6) is 5.75 Å². The smallest absolute Gasteiger partial charge is 0.279 e. The van der Waals surface area contributed by atoms with Gasteiger partial charge >= 0.3 is 0 Å². The molecule has 5 nitrogen and oxygen atoms in total. The van der Waals surface area contributed by atoms with E-state index in [9.17, 15) is 9.59 Å². The molecule has 2 rings (SSSR count). The average Bonchev–Trinajstić information content (AvgIpc) is 2.58. The van der Waals surface area contributed by atoms with Crippen LogP contribution in [-0.4, -0.2) is 17.9 Å². The van der Waals surface area contributed by atoms with Gasteiger partial charge in [0.05, 0.1) is 0 Å². The Morgan fingerprint density at radius 3 is 2.30 bits per heavy atom. The van der Waals surface area contributed by atoms with Gasteiger partial charge in [-0.2, -0.15) is 0 Å². The Balaban J connectivity index is 1.92. The van der Waals surface area contributed by atoms with Crippen LogP contribution >= 0.6 is 0 Å². The highest BCUT2D eigenvalue weighted by Crippen LogP contribution is 2.12. The molecular weight excluding hydrogens is 292 g/mol. The molecule has 2 amide bonds. The SMILES string of the molecule is CCC(Oc1ccccc1)C(=O)NNC(=O)c1ccccc1C. The molecule has 0 saturated heterocycles. The molecule has 0 fully saturated rings. The number of amides is 2. The Labute approximate surface area is 135 Å². The van der Waals surface area contributed by atoms with Gasteiger partial charge in [0.15, 0.2) is 6.10 Å². The second kappa shape index (κ2) is 7.98. The third kappa shape index (κ3) is 4.57. The summed E-state index contributed by atoms with van der Waals surface area (Å²) >= 11 is 0. The summed E-state index contributed by atoms with van der Waals surface area (Å²) in [5.74, 6) is -0.135. The van der Waals surface area contributed by atoms with Gasteiger partial charge in [-0.15, -0.1) is 0 Å². The van der Waals surface area contributed by atoms with Crippen molar-refractivity contribution in [3.8, 4) is 5.75 Å². The van der Waals surface area contributed by atoms with Gasteiger partial charge in [-0.25, -0.2) is 0 Å². The minimum absolute atomic E-state index is 0.356. The summed E-state index contributed by atoms with van der Waals surface area (Å²) in [5, 5.41) is 0. The second-order valence-corrected chi connectivity index (χ2v) is 5.09. The molecule has 0 bridgehead atoms. The lowest BCUT2D eigenvalue weighted by Gasteiger charge is -2.17. The maximum Gasteiger partial charge on any atom is 0.279 e. The van der Waals surface area contributed by atoms with Crippen LogP contribution in [0.1, 0.15) is 29.3 Å². The maximum atomic E-state index is 12.1. The summed E-state index contributed by atoms with van der Waals surface area (Å²) in [5.41, 5.74) is 6.20. The van der Waals surface area contributed by atoms with Gasteiger partial charge in [0.1, 0.15) is 5.75 Å². The minimum Gasteiger partial charge on any atom is -0.481 e. The number of hydrogen-bond acceptors (Lipinski definition) is 3. The van der Waals surface area contributed by atoms with Gasteiger partial charge in [0.25, 0.3) is 11.8 Å². The summed E-state index contributed by atoms with van der Waals surface area (Å²) in [6, 6.07) is 16.3. The fraction of sp³-hybridized carbons (Fsp3) is 0.222. The molecule has 0 aliphatic heterocycles. The molecule has 0 spiro atoms. The molecule has 0 aliphatic carbocycles. The van der Waals surface area contributed by atoms with Crippen molar-refractivity contribution >= 4 is 11.8 Å². The van der Waals surface area contributed by atoms with Crippen LogP contribution in [0.2, 0.25) is 0 Å². The van der Waals surface area contributed by atoms with Crippen molar-refractivity contribution in [2.24, 2.45) is 0 Å². The topological polar surface area (TPSA) is 67.4 Å².